The Labute approximate surface area is 181 Å². The van der Waals surface area contributed by atoms with Crippen LogP contribution in [-0.2, 0) is 30.5 Å². The molecule has 0 saturated carbocycles. The van der Waals surface area contributed by atoms with Gasteiger partial charge in [0.05, 0.1) is 29.9 Å². The maximum absolute atomic E-state index is 12.9. The molecule has 10 heteroatoms. The zero-order chi connectivity index (χ0) is 21.7. The van der Waals surface area contributed by atoms with Crippen molar-refractivity contribution in [3.05, 3.63) is 41.0 Å². The number of rotatable bonds is 3. The number of benzene rings is 1. The van der Waals surface area contributed by atoms with Crippen LogP contribution in [0.4, 0.5) is 0 Å². The summed E-state index contributed by atoms with van der Waals surface area (Å²) in [5.41, 5.74) is 0.563. The number of hydrogen-bond donors (Lipinski definition) is 1. The first-order valence-electron chi connectivity index (χ1n) is 10.1. The molecular weight excluding hydrogens is 420 g/mol. The third-order valence-corrected chi connectivity index (χ3v) is 6.85. The van der Waals surface area contributed by atoms with Gasteiger partial charge in [-0.25, -0.2) is 4.98 Å². The predicted molar refractivity (Wildman–Crippen MR) is 111 cm³/mol. The van der Waals surface area contributed by atoms with Gasteiger partial charge in [0.2, 0.25) is 11.6 Å². The molecule has 2 amide bonds. The number of nitrogens with zero attached hydrogens (tertiary/aromatic N) is 3. The molecule has 31 heavy (non-hydrogen) atoms. The molecule has 9 nitrogen and oxygen atoms in total. The highest BCUT2D eigenvalue weighted by Gasteiger charge is 2.51. The molecule has 1 aromatic heterocycles. The van der Waals surface area contributed by atoms with Crippen molar-refractivity contribution in [2.24, 2.45) is 0 Å². The number of Topliss-reactive ketones (excluding diaryl/α,β-unsaturated/α-hetero) is 2. The lowest BCUT2D eigenvalue weighted by atomic mass is 9.92. The Kier molecular flexibility index (Phi) is 4.82. The summed E-state index contributed by atoms with van der Waals surface area (Å²) in [5, 5.41) is 3.36. The van der Waals surface area contributed by atoms with Crippen molar-refractivity contribution in [2.45, 2.75) is 38.2 Å². The normalized spacial score (nSPS) is 25.9. The number of piperazine rings is 1. The van der Waals surface area contributed by atoms with Crippen molar-refractivity contribution in [2.75, 3.05) is 13.2 Å². The highest BCUT2D eigenvalue weighted by atomic mass is 32.1. The molecule has 2 aromatic rings. The average Bonchev–Trinajstić information content (AvgIpc) is 3.17. The van der Waals surface area contributed by atoms with Crippen LogP contribution in [0.5, 0.6) is 0 Å². The van der Waals surface area contributed by atoms with E-state index in [9.17, 15) is 19.2 Å². The van der Waals surface area contributed by atoms with Gasteiger partial charge in [0.15, 0.2) is 6.04 Å². The van der Waals surface area contributed by atoms with Crippen LogP contribution in [0.25, 0.3) is 10.2 Å². The number of hydrogen-bond acceptors (Lipinski definition) is 8. The minimum atomic E-state index is -1.23. The Bertz CT molecular complexity index is 1110. The third-order valence-electron chi connectivity index (χ3n) is 5.81. The van der Waals surface area contributed by atoms with Crippen LogP contribution in [-0.4, -0.2) is 69.6 Å². The third kappa shape index (κ3) is 3.31. The van der Waals surface area contributed by atoms with Crippen LogP contribution in [0.15, 0.2) is 36.0 Å². The van der Waals surface area contributed by atoms with E-state index in [-0.39, 0.29) is 24.7 Å². The van der Waals surface area contributed by atoms with Gasteiger partial charge >= 0.3 is 0 Å². The lowest BCUT2D eigenvalue weighted by Crippen LogP contribution is -2.69. The molecule has 2 fully saturated rings. The second-order valence-electron chi connectivity index (χ2n) is 7.80. The molecule has 5 rings (SSSR count). The van der Waals surface area contributed by atoms with Gasteiger partial charge in [-0.2, -0.15) is 0 Å². The lowest BCUT2D eigenvalue weighted by molar-refractivity contribution is -0.185. The smallest absolute Gasteiger partial charge is 0.257 e. The van der Waals surface area contributed by atoms with E-state index in [2.05, 4.69) is 10.3 Å². The van der Waals surface area contributed by atoms with E-state index in [4.69, 9.17) is 4.74 Å². The van der Waals surface area contributed by atoms with Gasteiger partial charge in [-0.05, 0) is 25.5 Å². The topological polar surface area (TPSA) is 109 Å². The largest absolute Gasteiger partial charge is 0.356 e. The zero-order valence-corrected chi connectivity index (χ0v) is 17.6. The second kappa shape index (κ2) is 7.54. The fraction of sp³-hybridized carbons (Fsp3) is 0.381. The quantitative estimate of drug-likeness (QED) is 0.423. The van der Waals surface area contributed by atoms with E-state index in [0.29, 0.717) is 18.0 Å². The zero-order valence-electron chi connectivity index (χ0n) is 16.7. The lowest BCUT2D eigenvalue weighted by Gasteiger charge is -2.49. The first-order chi connectivity index (χ1) is 14.9. The number of carbonyl (C=O) groups is 4. The number of carbonyl (C=O) groups excluding carboxylic acids is 4. The Morgan fingerprint density at radius 1 is 1.29 bits per heavy atom. The Morgan fingerprint density at radius 3 is 2.90 bits per heavy atom. The van der Waals surface area contributed by atoms with Gasteiger partial charge in [-0.1, -0.05) is 12.1 Å². The average molecular weight is 440 g/mol. The van der Waals surface area contributed by atoms with Gasteiger partial charge in [-0.15, -0.1) is 11.3 Å². The first-order valence-corrected chi connectivity index (χ1v) is 10.9. The first kappa shape index (κ1) is 19.8. The molecule has 1 aromatic carbocycles. The number of para-hydroxylation sites is 1. The maximum Gasteiger partial charge on any atom is 0.257 e. The second-order valence-corrected chi connectivity index (χ2v) is 8.92. The van der Waals surface area contributed by atoms with Gasteiger partial charge in [-0.3, -0.25) is 19.2 Å². The Morgan fingerprint density at radius 2 is 2.10 bits per heavy atom. The molecule has 3 atom stereocenters. The summed E-state index contributed by atoms with van der Waals surface area (Å²) in [5.74, 6) is -2.94. The van der Waals surface area contributed by atoms with Gasteiger partial charge in [0.1, 0.15) is 16.8 Å². The molecule has 4 heterocycles. The summed E-state index contributed by atoms with van der Waals surface area (Å²) in [4.78, 5) is 58.5. The van der Waals surface area contributed by atoms with Crippen LogP contribution in [0.2, 0.25) is 0 Å². The summed E-state index contributed by atoms with van der Waals surface area (Å²) in [6.45, 7) is 2.78. The number of fused-ring (bicyclic) bond motifs is 3. The van der Waals surface area contributed by atoms with E-state index >= 15 is 0 Å². The van der Waals surface area contributed by atoms with E-state index in [1.54, 1.807) is 4.90 Å². The van der Waals surface area contributed by atoms with Crippen LogP contribution < -0.4 is 5.32 Å². The number of amides is 2. The Balaban J connectivity index is 1.35. The van der Waals surface area contributed by atoms with Crippen molar-refractivity contribution < 1.29 is 23.9 Å². The highest BCUT2D eigenvalue weighted by Crippen LogP contribution is 2.29. The molecule has 0 aliphatic carbocycles. The molecule has 1 N–H and O–H groups in total. The molecule has 3 aliphatic heterocycles. The maximum atomic E-state index is 12.9. The van der Waals surface area contributed by atoms with Gasteiger partial charge < -0.3 is 19.9 Å². The fourth-order valence-electron chi connectivity index (χ4n) is 4.23. The van der Waals surface area contributed by atoms with Crippen molar-refractivity contribution in [3.8, 4) is 0 Å². The van der Waals surface area contributed by atoms with Gasteiger partial charge in [0.25, 0.3) is 11.8 Å². The van der Waals surface area contributed by atoms with Crippen LogP contribution in [0, 0.1) is 0 Å². The van der Waals surface area contributed by atoms with Crippen molar-refractivity contribution in [3.63, 3.8) is 0 Å². The highest BCUT2D eigenvalue weighted by molar-refractivity contribution is 7.18. The minimum absolute atomic E-state index is 0.0706. The molecule has 1 unspecified atom stereocenters. The number of ketones is 2. The Hall–Kier alpha value is -3.11. The van der Waals surface area contributed by atoms with Crippen molar-refractivity contribution >= 4 is 44.9 Å². The number of ether oxygens (including phenoxy) is 1. The molecule has 160 valence electrons. The predicted octanol–water partition coefficient (Wildman–Crippen LogP) is 0.596. The number of nitrogens with one attached hydrogen (secondary N) is 1. The monoisotopic (exact) mass is 440 g/mol. The van der Waals surface area contributed by atoms with Crippen molar-refractivity contribution in [1.82, 2.24) is 20.1 Å². The van der Waals surface area contributed by atoms with E-state index in [0.717, 1.165) is 10.2 Å². The summed E-state index contributed by atoms with van der Waals surface area (Å²) in [6.07, 6.45) is 1.49. The van der Waals surface area contributed by atoms with E-state index in [1.807, 2.05) is 31.2 Å². The molecule has 0 bridgehead atoms. The van der Waals surface area contributed by atoms with Crippen LogP contribution in [0.3, 0.4) is 0 Å². The van der Waals surface area contributed by atoms with Gasteiger partial charge in [0, 0.05) is 12.2 Å². The SMILES string of the molecule is C[C@@H]1CCO[C@H]2CN3C=C(C(=O)NCc4nc5ccccc5s4)C(=O)C(=O)C3C(=O)N12. The summed E-state index contributed by atoms with van der Waals surface area (Å²) in [6, 6.07) is 6.32. The summed E-state index contributed by atoms with van der Waals surface area (Å²) < 4.78 is 6.69. The fourth-order valence-corrected chi connectivity index (χ4v) is 5.13. The van der Waals surface area contributed by atoms with Crippen LogP contribution >= 0.6 is 11.3 Å². The number of thiazole rings is 1. The molecule has 0 radical (unpaired) electrons. The summed E-state index contributed by atoms with van der Waals surface area (Å²) in [7, 11) is 0. The van der Waals surface area contributed by atoms with E-state index in [1.165, 1.54) is 22.4 Å². The molecular formula is C21H20N4O5S. The standard InChI is InChI=1S/C21H20N4O5S/c1-11-6-7-30-16-10-24-9-12(18(26)19(27)17(24)21(29)25(11)16)20(28)22-8-15-23-13-4-2-3-5-14(13)31-15/h2-5,9,11,16-17H,6-8,10H2,1H3,(H,22,28)/t11-,16+,17?/m1/s1. The molecule has 2 saturated heterocycles. The molecule has 0 spiro atoms. The summed E-state index contributed by atoms with van der Waals surface area (Å²) >= 11 is 1.44. The minimum Gasteiger partial charge on any atom is -0.356 e. The number of aromatic nitrogens is 1. The van der Waals surface area contributed by atoms with Crippen LogP contribution in [0.1, 0.15) is 18.4 Å². The van der Waals surface area contributed by atoms with Crippen molar-refractivity contribution in [1.29, 1.82) is 0 Å². The molecule has 3 aliphatic rings. The van der Waals surface area contributed by atoms with E-state index < -0.39 is 35.7 Å².